The standard InChI is InChI=1S/C5H11BrO2S/c1-5(2)9(7,8)4-3-6/h5H,3-4H2,1-2H3. The van der Waals surface area contributed by atoms with Crippen LogP contribution in [0.3, 0.4) is 0 Å². The maximum atomic E-state index is 10.9. The molecule has 0 saturated heterocycles. The van der Waals surface area contributed by atoms with Crippen molar-refractivity contribution in [1.82, 2.24) is 0 Å². The zero-order valence-corrected chi connectivity index (χ0v) is 8.00. The summed E-state index contributed by atoms with van der Waals surface area (Å²) in [6, 6.07) is 0. The Morgan fingerprint density at radius 3 is 2.00 bits per heavy atom. The zero-order valence-electron chi connectivity index (χ0n) is 5.59. The lowest BCUT2D eigenvalue weighted by Crippen LogP contribution is -2.18. The van der Waals surface area contributed by atoms with Crippen LogP contribution >= 0.6 is 15.9 Å². The molecule has 0 aliphatic heterocycles. The summed E-state index contributed by atoms with van der Waals surface area (Å²) in [7, 11) is -2.80. The van der Waals surface area contributed by atoms with Gasteiger partial charge in [-0.25, -0.2) is 8.42 Å². The van der Waals surface area contributed by atoms with Gasteiger partial charge < -0.3 is 0 Å². The lowest BCUT2D eigenvalue weighted by molar-refractivity contribution is 0.589. The third kappa shape index (κ3) is 3.20. The molecule has 9 heavy (non-hydrogen) atoms. The minimum absolute atomic E-state index is 0.241. The van der Waals surface area contributed by atoms with Crippen LogP contribution in [0.2, 0.25) is 0 Å². The van der Waals surface area contributed by atoms with Crippen molar-refractivity contribution in [3.8, 4) is 0 Å². The van der Waals surface area contributed by atoms with Gasteiger partial charge in [0, 0.05) is 5.33 Å². The first kappa shape index (κ1) is 9.43. The zero-order chi connectivity index (χ0) is 7.49. The second-order valence-electron chi connectivity index (χ2n) is 2.10. The molecule has 0 aromatic rings. The number of hydrogen-bond acceptors (Lipinski definition) is 2. The Kier molecular flexibility index (Phi) is 3.73. The monoisotopic (exact) mass is 214 g/mol. The Bertz CT molecular complexity index is 160. The summed E-state index contributed by atoms with van der Waals surface area (Å²) in [6.07, 6.45) is 0. The average molecular weight is 215 g/mol. The first-order valence-electron chi connectivity index (χ1n) is 2.78. The van der Waals surface area contributed by atoms with Crippen molar-refractivity contribution in [2.24, 2.45) is 0 Å². The molecule has 0 saturated carbocycles. The average Bonchev–Trinajstić information content (AvgIpc) is 1.65. The van der Waals surface area contributed by atoms with Gasteiger partial charge in [-0.05, 0) is 13.8 Å². The van der Waals surface area contributed by atoms with Crippen LogP contribution in [0.5, 0.6) is 0 Å². The van der Waals surface area contributed by atoms with Gasteiger partial charge in [0.05, 0.1) is 11.0 Å². The van der Waals surface area contributed by atoms with Gasteiger partial charge >= 0.3 is 0 Å². The van der Waals surface area contributed by atoms with Crippen LogP contribution in [-0.4, -0.2) is 24.8 Å². The van der Waals surface area contributed by atoms with E-state index in [4.69, 9.17) is 0 Å². The van der Waals surface area contributed by atoms with Crippen molar-refractivity contribution in [1.29, 1.82) is 0 Å². The first-order chi connectivity index (χ1) is 4.00. The molecule has 0 spiro atoms. The van der Waals surface area contributed by atoms with Crippen LogP contribution < -0.4 is 0 Å². The molecule has 0 aromatic carbocycles. The van der Waals surface area contributed by atoms with Crippen LogP contribution in [0.1, 0.15) is 13.8 Å². The van der Waals surface area contributed by atoms with Gasteiger partial charge in [-0.2, -0.15) is 0 Å². The van der Waals surface area contributed by atoms with Gasteiger partial charge in [0.15, 0.2) is 9.84 Å². The van der Waals surface area contributed by atoms with E-state index >= 15 is 0 Å². The van der Waals surface area contributed by atoms with E-state index in [1.54, 1.807) is 13.8 Å². The molecule has 0 aliphatic rings. The molecule has 0 rings (SSSR count). The fourth-order valence-corrected chi connectivity index (χ4v) is 2.38. The normalized spacial score (nSPS) is 12.4. The molecule has 0 aliphatic carbocycles. The highest BCUT2D eigenvalue weighted by Gasteiger charge is 2.13. The molecule has 4 heteroatoms. The Morgan fingerprint density at radius 2 is 1.89 bits per heavy atom. The minimum atomic E-state index is -2.80. The summed E-state index contributed by atoms with van der Waals surface area (Å²) in [6.45, 7) is 3.38. The molecule has 2 nitrogen and oxygen atoms in total. The van der Waals surface area contributed by atoms with Crippen LogP contribution in [0.25, 0.3) is 0 Å². The topological polar surface area (TPSA) is 34.1 Å². The predicted octanol–water partition coefficient (Wildman–Crippen LogP) is 1.20. The minimum Gasteiger partial charge on any atom is -0.229 e. The highest BCUT2D eigenvalue weighted by atomic mass is 79.9. The largest absolute Gasteiger partial charge is 0.229 e. The molecule has 0 N–H and O–H groups in total. The van der Waals surface area contributed by atoms with Crippen molar-refractivity contribution in [3.05, 3.63) is 0 Å². The van der Waals surface area contributed by atoms with E-state index in [0.717, 1.165) is 0 Å². The van der Waals surface area contributed by atoms with Crippen LogP contribution in [-0.2, 0) is 9.84 Å². The smallest absolute Gasteiger partial charge is 0.153 e. The molecule has 0 fully saturated rings. The van der Waals surface area contributed by atoms with Gasteiger partial charge in [0.1, 0.15) is 0 Å². The van der Waals surface area contributed by atoms with E-state index in [-0.39, 0.29) is 11.0 Å². The summed E-state index contributed by atoms with van der Waals surface area (Å²) < 4.78 is 21.8. The van der Waals surface area contributed by atoms with Gasteiger partial charge in [0.2, 0.25) is 0 Å². The van der Waals surface area contributed by atoms with Crippen molar-refractivity contribution in [2.45, 2.75) is 19.1 Å². The van der Waals surface area contributed by atoms with E-state index in [1.165, 1.54) is 0 Å². The quantitative estimate of drug-likeness (QED) is 0.663. The molecule has 0 atom stereocenters. The molecule has 0 bridgehead atoms. The van der Waals surface area contributed by atoms with Crippen LogP contribution in [0, 0.1) is 0 Å². The molecule has 0 heterocycles. The van der Waals surface area contributed by atoms with Crippen LogP contribution in [0.15, 0.2) is 0 Å². The van der Waals surface area contributed by atoms with Crippen molar-refractivity contribution in [2.75, 3.05) is 11.1 Å². The molecule has 0 unspecified atom stereocenters. The molecule has 0 amide bonds. The Labute approximate surface area is 64.7 Å². The third-order valence-corrected chi connectivity index (χ3v) is 4.21. The van der Waals surface area contributed by atoms with Crippen LogP contribution in [0.4, 0.5) is 0 Å². The predicted molar refractivity (Wildman–Crippen MR) is 42.7 cm³/mol. The Morgan fingerprint density at radius 1 is 1.44 bits per heavy atom. The number of hydrogen-bond donors (Lipinski definition) is 0. The molecular weight excluding hydrogens is 204 g/mol. The lowest BCUT2D eigenvalue weighted by atomic mass is 10.6. The molecule has 0 radical (unpaired) electrons. The van der Waals surface area contributed by atoms with E-state index < -0.39 is 9.84 Å². The van der Waals surface area contributed by atoms with Crippen molar-refractivity contribution < 1.29 is 8.42 Å². The fourth-order valence-electron chi connectivity index (χ4n) is 0.343. The Hall–Kier alpha value is 0.430. The maximum Gasteiger partial charge on any atom is 0.153 e. The van der Waals surface area contributed by atoms with Gasteiger partial charge in [-0.1, -0.05) is 15.9 Å². The van der Waals surface area contributed by atoms with E-state index in [0.29, 0.717) is 5.33 Å². The summed E-state index contributed by atoms with van der Waals surface area (Å²) in [5.41, 5.74) is 0. The number of sulfone groups is 1. The number of alkyl halides is 1. The van der Waals surface area contributed by atoms with E-state index in [2.05, 4.69) is 15.9 Å². The van der Waals surface area contributed by atoms with Crippen molar-refractivity contribution >= 4 is 25.8 Å². The summed E-state index contributed by atoms with van der Waals surface area (Å²) in [4.78, 5) is 0. The lowest BCUT2D eigenvalue weighted by Gasteiger charge is -2.03. The number of halogens is 1. The second-order valence-corrected chi connectivity index (χ2v) is 5.57. The van der Waals surface area contributed by atoms with E-state index in [9.17, 15) is 8.42 Å². The molecule has 0 aromatic heterocycles. The first-order valence-corrected chi connectivity index (χ1v) is 5.62. The highest BCUT2D eigenvalue weighted by Crippen LogP contribution is 2.00. The second kappa shape index (κ2) is 3.56. The van der Waals surface area contributed by atoms with Gasteiger partial charge in [-0.15, -0.1) is 0 Å². The maximum absolute atomic E-state index is 10.9. The van der Waals surface area contributed by atoms with Crippen molar-refractivity contribution in [3.63, 3.8) is 0 Å². The van der Waals surface area contributed by atoms with Gasteiger partial charge in [-0.3, -0.25) is 0 Å². The molecule has 56 valence electrons. The van der Waals surface area contributed by atoms with Gasteiger partial charge in [0.25, 0.3) is 0 Å². The number of rotatable bonds is 3. The summed E-state index contributed by atoms with van der Waals surface area (Å²) in [5, 5.41) is 0.295. The molecular formula is C5H11BrO2S. The fraction of sp³-hybridized carbons (Fsp3) is 1.00. The summed E-state index contributed by atoms with van der Waals surface area (Å²) in [5.74, 6) is 0.241. The summed E-state index contributed by atoms with van der Waals surface area (Å²) >= 11 is 3.07. The Balaban J connectivity index is 4.05. The SMILES string of the molecule is CC(C)S(=O)(=O)CCBr. The third-order valence-electron chi connectivity index (χ3n) is 1.08. The highest BCUT2D eigenvalue weighted by molar-refractivity contribution is 9.09. The van der Waals surface area contributed by atoms with E-state index in [1.807, 2.05) is 0 Å².